The van der Waals surface area contributed by atoms with Crippen LogP contribution in [0.1, 0.15) is 70.5 Å². The molecule has 1 aromatic rings. The Bertz CT molecular complexity index is 364. The third-order valence-corrected chi connectivity index (χ3v) is 4.00. The van der Waals surface area contributed by atoms with Crippen molar-refractivity contribution in [2.24, 2.45) is 5.92 Å². The van der Waals surface area contributed by atoms with Crippen molar-refractivity contribution in [3.63, 3.8) is 0 Å². The van der Waals surface area contributed by atoms with Crippen molar-refractivity contribution < 1.29 is 4.52 Å². The molecule has 4 nitrogen and oxygen atoms in total. The summed E-state index contributed by atoms with van der Waals surface area (Å²) in [4.78, 5) is 4.53. The molecule has 3 atom stereocenters. The van der Waals surface area contributed by atoms with E-state index in [0.717, 1.165) is 24.1 Å². The van der Waals surface area contributed by atoms with E-state index in [1.54, 1.807) is 0 Å². The van der Waals surface area contributed by atoms with Gasteiger partial charge in [0.15, 0.2) is 5.82 Å². The first-order valence-corrected chi connectivity index (χ1v) is 7.25. The lowest BCUT2D eigenvalue weighted by molar-refractivity contribution is 0.317. The molecule has 2 rings (SSSR count). The summed E-state index contributed by atoms with van der Waals surface area (Å²) < 4.78 is 5.32. The first-order valence-electron chi connectivity index (χ1n) is 7.25. The fourth-order valence-corrected chi connectivity index (χ4v) is 2.58. The fraction of sp³-hybridized carbons (Fsp3) is 0.857. The molecular weight excluding hydrogens is 226 g/mol. The Balaban J connectivity index is 1.89. The molecule has 1 aliphatic carbocycles. The summed E-state index contributed by atoms with van der Waals surface area (Å²) in [6.45, 7) is 7.34. The minimum absolute atomic E-state index is 0.495. The topological polar surface area (TPSA) is 51.0 Å². The van der Waals surface area contributed by atoms with Crippen LogP contribution >= 0.6 is 0 Å². The zero-order chi connectivity index (χ0) is 13.0. The molecule has 1 fully saturated rings. The van der Waals surface area contributed by atoms with Crippen LogP contribution in [0.3, 0.4) is 0 Å². The van der Waals surface area contributed by atoms with Crippen LogP contribution < -0.4 is 5.32 Å². The van der Waals surface area contributed by atoms with E-state index in [1.807, 2.05) is 0 Å². The predicted octanol–water partition coefficient (Wildman–Crippen LogP) is 3.25. The van der Waals surface area contributed by atoms with Gasteiger partial charge in [0.25, 0.3) is 0 Å². The van der Waals surface area contributed by atoms with E-state index in [2.05, 4.69) is 36.2 Å². The lowest BCUT2D eigenvalue weighted by atomic mass is 9.82. The van der Waals surface area contributed by atoms with Gasteiger partial charge in [-0.2, -0.15) is 4.98 Å². The van der Waals surface area contributed by atoms with Gasteiger partial charge in [-0.3, -0.25) is 0 Å². The number of hydrogen-bond acceptors (Lipinski definition) is 4. The summed E-state index contributed by atoms with van der Waals surface area (Å²) in [5, 5.41) is 7.53. The summed E-state index contributed by atoms with van der Waals surface area (Å²) in [5.41, 5.74) is 0. The molecule has 1 aliphatic rings. The molecule has 1 saturated carbocycles. The molecule has 1 aromatic heterocycles. The Morgan fingerprint density at radius 3 is 3.00 bits per heavy atom. The quantitative estimate of drug-likeness (QED) is 0.872. The molecule has 0 saturated heterocycles. The van der Waals surface area contributed by atoms with Gasteiger partial charge in [0.05, 0.1) is 6.54 Å². The van der Waals surface area contributed by atoms with Crippen molar-refractivity contribution in [1.82, 2.24) is 15.5 Å². The Hall–Kier alpha value is -0.900. The average molecular weight is 251 g/mol. The van der Waals surface area contributed by atoms with E-state index in [0.29, 0.717) is 18.5 Å². The van der Waals surface area contributed by atoms with E-state index in [9.17, 15) is 0 Å². The number of aromatic nitrogens is 2. The molecule has 4 heteroatoms. The molecule has 0 radical (unpaired) electrons. The van der Waals surface area contributed by atoms with Gasteiger partial charge in [0.1, 0.15) is 0 Å². The summed E-state index contributed by atoms with van der Waals surface area (Å²) in [6, 6.07) is 0.495. The highest BCUT2D eigenvalue weighted by Crippen LogP contribution is 2.34. The first-order chi connectivity index (χ1) is 8.69. The van der Waals surface area contributed by atoms with Crippen molar-refractivity contribution in [3.05, 3.63) is 11.7 Å². The lowest BCUT2D eigenvalue weighted by Gasteiger charge is -2.23. The largest absolute Gasteiger partial charge is 0.338 e. The zero-order valence-electron chi connectivity index (χ0n) is 11.8. The minimum atomic E-state index is 0.495. The molecule has 1 heterocycles. The van der Waals surface area contributed by atoms with Gasteiger partial charge in [-0.05, 0) is 32.1 Å². The van der Waals surface area contributed by atoms with Gasteiger partial charge in [-0.1, -0.05) is 31.8 Å². The van der Waals surface area contributed by atoms with E-state index in [1.165, 1.54) is 25.7 Å². The van der Waals surface area contributed by atoms with Crippen LogP contribution in [-0.4, -0.2) is 16.2 Å². The van der Waals surface area contributed by atoms with Crippen LogP contribution in [0.2, 0.25) is 0 Å². The van der Waals surface area contributed by atoms with Crippen LogP contribution in [0.25, 0.3) is 0 Å². The molecular formula is C14H25N3O. The van der Waals surface area contributed by atoms with Crippen LogP contribution in [0.15, 0.2) is 4.52 Å². The fourth-order valence-electron chi connectivity index (χ4n) is 2.58. The number of hydrogen-bond donors (Lipinski definition) is 1. The second-order valence-corrected chi connectivity index (χ2v) is 5.71. The maximum atomic E-state index is 5.32. The van der Waals surface area contributed by atoms with Gasteiger partial charge in [-0.25, -0.2) is 0 Å². The smallest absolute Gasteiger partial charge is 0.240 e. The molecule has 0 bridgehead atoms. The predicted molar refractivity (Wildman–Crippen MR) is 71.3 cm³/mol. The normalized spacial score (nSPS) is 26.2. The first kappa shape index (κ1) is 13.5. The average Bonchev–Trinajstić information content (AvgIpc) is 2.84. The van der Waals surface area contributed by atoms with Gasteiger partial charge in [-0.15, -0.1) is 0 Å². The standard InChI is InChI=1S/C14H25N3O/c1-4-11(3)15-9-13-16-14(17-18-13)12-7-5-6-10(2)8-12/h10-12,15H,4-9H2,1-3H3. The number of nitrogens with one attached hydrogen (secondary N) is 1. The summed E-state index contributed by atoms with van der Waals surface area (Å²) in [7, 11) is 0. The van der Waals surface area contributed by atoms with E-state index < -0.39 is 0 Å². The van der Waals surface area contributed by atoms with Gasteiger partial charge in [0, 0.05) is 12.0 Å². The van der Waals surface area contributed by atoms with E-state index in [-0.39, 0.29) is 0 Å². The highest BCUT2D eigenvalue weighted by atomic mass is 16.5. The van der Waals surface area contributed by atoms with Gasteiger partial charge >= 0.3 is 0 Å². The number of nitrogens with zero attached hydrogens (tertiary/aromatic N) is 2. The highest BCUT2D eigenvalue weighted by molar-refractivity contribution is 4.97. The third kappa shape index (κ3) is 3.55. The molecule has 102 valence electrons. The monoisotopic (exact) mass is 251 g/mol. The summed E-state index contributed by atoms with van der Waals surface area (Å²) in [6.07, 6.45) is 6.17. The van der Waals surface area contributed by atoms with Crippen molar-refractivity contribution in [1.29, 1.82) is 0 Å². The molecule has 0 amide bonds. The maximum absolute atomic E-state index is 5.32. The van der Waals surface area contributed by atoms with Crippen LogP contribution in [0.4, 0.5) is 0 Å². The SMILES string of the molecule is CCC(C)NCc1nc(C2CCCC(C)C2)no1. The minimum Gasteiger partial charge on any atom is -0.338 e. The van der Waals surface area contributed by atoms with Gasteiger partial charge < -0.3 is 9.84 Å². The van der Waals surface area contributed by atoms with Crippen molar-refractivity contribution in [2.75, 3.05) is 0 Å². The Morgan fingerprint density at radius 1 is 1.44 bits per heavy atom. The zero-order valence-corrected chi connectivity index (χ0v) is 11.8. The van der Waals surface area contributed by atoms with Crippen molar-refractivity contribution in [2.45, 2.75) is 71.4 Å². The summed E-state index contributed by atoms with van der Waals surface area (Å²) >= 11 is 0. The van der Waals surface area contributed by atoms with E-state index in [4.69, 9.17) is 4.52 Å². The molecule has 0 spiro atoms. The lowest BCUT2D eigenvalue weighted by Crippen LogP contribution is -2.24. The second-order valence-electron chi connectivity index (χ2n) is 5.71. The van der Waals surface area contributed by atoms with Gasteiger partial charge in [0.2, 0.25) is 5.89 Å². The Labute approximate surface area is 110 Å². The molecule has 0 aromatic carbocycles. The Morgan fingerprint density at radius 2 is 2.28 bits per heavy atom. The second kappa shape index (κ2) is 6.32. The molecule has 3 unspecified atom stereocenters. The molecule has 0 aliphatic heterocycles. The molecule has 18 heavy (non-hydrogen) atoms. The van der Waals surface area contributed by atoms with E-state index >= 15 is 0 Å². The van der Waals surface area contributed by atoms with Crippen LogP contribution in [0, 0.1) is 5.92 Å². The maximum Gasteiger partial charge on any atom is 0.240 e. The highest BCUT2D eigenvalue weighted by Gasteiger charge is 2.24. The Kier molecular flexibility index (Phi) is 4.75. The number of rotatable bonds is 5. The summed E-state index contributed by atoms with van der Waals surface area (Å²) in [5.74, 6) is 2.95. The van der Waals surface area contributed by atoms with Crippen LogP contribution in [-0.2, 0) is 6.54 Å². The van der Waals surface area contributed by atoms with Crippen molar-refractivity contribution in [3.8, 4) is 0 Å². The third-order valence-electron chi connectivity index (χ3n) is 4.00. The van der Waals surface area contributed by atoms with Crippen molar-refractivity contribution >= 4 is 0 Å². The molecule has 1 N–H and O–H groups in total. The van der Waals surface area contributed by atoms with Crippen LogP contribution in [0.5, 0.6) is 0 Å².